The average molecular weight is 513 g/mol. The van der Waals surface area contributed by atoms with Crippen molar-refractivity contribution in [2.45, 2.75) is 82.8 Å². The number of esters is 1. The summed E-state index contributed by atoms with van der Waals surface area (Å²) in [6.07, 6.45) is 9.73. The molecule has 1 aliphatic rings. The largest absolute Gasteiger partial charge is 0.461 e. The van der Waals surface area contributed by atoms with Crippen molar-refractivity contribution >= 4 is 17.8 Å². The Morgan fingerprint density at radius 3 is 2.43 bits per heavy atom. The molecule has 2 amide bonds. The normalized spacial score (nSPS) is 16.7. The average Bonchev–Trinajstić information content (AvgIpc) is 3.35. The number of hydrogen-bond donors (Lipinski definition) is 3. The van der Waals surface area contributed by atoms with E-state index in [0.29, 0.717) is 19.3 Å². The minimum Gasteiger partial charge on any atom is -0.461 e. The number of rotatable bonds is 17. The first-order valence-corrected chi connectivity index (χ1v) is 13.5. The Morgan fingerprint density at radius 2 is 1.81 bits per heavy atom. The second-order valence-corrected chi connectivity index (χ2v) is 10.2. The SMILES string of the molecule is C=CCCC[C@H](Cc1ccccc1)C(=O)O[C@@H](C)CNC(=O)[C@H](CC=C)CC(=O)NC1(CO)CCCC1. The zero-order valence-corrected chi connectivity index (χ0v) is 22.3. The minimum atomic E-state index is -0.581. The maximum absolute atomic E-state index is 13.0. The summed E-state index contributed by atoms with van der Waals surface area (Å²) in [6, 6.07) is 9.86. The van der Waals surface area contributed by atoms with Crippen molar-refractivity contribution in [2.75, 3.05) is 13.2 Å². The number of hydrogen-bond acceptors (Lipinski definition) is 5. The first-order chi connectivity index (χ1) is 17.8. The highest BCUT2D eigenvalue weighted by molar-refractivity contribution is 5.86. The monoisotopic (exact) mass is 512 g/mol. The maximum atomic E-state index is 13.0. The summed E-state index contributed by atoms with van der Waals surface area (Å²) in [6.45, 7) is 9.28. The van der Waals surface area contributed by atoms with Gasteiger partial charge in [0.15, 0.2) is 0 Å². The van der Waals surface area contributed by atoms with Gasteiger partial charge in [-0.1, -0.05) is 55.3 Å². The number of benzene rings is 1. The Labute approximate surface area is 221 Å². The topological polar surface area (TPSA) is 105 Å². The lowest BCUT2D eigenvalue weighted by Crippen LogP contribution is -2.50. The van der Waals surface area contributed by atoms with Crippen LogP contribution in [0.15, 0.2) is 55.6 Å². The Hall–Kier alpha value is -2.93. The molecule has 0 saturated heterocycles. The predicted octanol–water partition coefficient (Wildman–Crippen LogP) is 4.25. The van der Waals surface area contributed by atoms with E-state index < -0.39 is 17.6 Å². The van der Waals surface area contributed by atoms with Crippen LogP contribution in [0, 0.1) is 11.8 Å². The van der Waals surface area contributed by atoms with Crippen molar-refractivity contribution in [1.29, 1.82) is 0 Å². The summed E-state index contributed by atoms with van der Waals surface area (Å²) in [5, 5.41) is 15.5. The molecular weight excluding hydrogens is 468 g/mol. The molecule has 0 aromatic heterocycles. The van der Waals surface area contributed by atoms with E-state index in [-0.39, 0.29) is 43.3 Å². The van der Waals surface area contributed by atoms with E-state index in [1.165, 1.54) is 0 Å². The number of ether oxygens (including phenoxy) is 1. The molecule has 0 heterocycles. The zero-order valence-electron chi connectivity index (χ0n) is 22.3. The van der Waals surface area contributed by atoms with Gasteiger partial charge in [-0.25, -0.2) is 0 Å². The molecule has 0 spiro atoms. The van der Waals surface area contributed by atoms with E-state index in [1.54, 1.807) is 13.0 Å². The van der Waals surface area contributed by atoms with Crippen LogP contribution in [-0.4, -0.2) is 47.7 Å². The second kappa shape index (κ2) is 16.0. The third kappa shape index (κ3) is 10.5. The van der Waals surface area contributed by atoms with Crippen LogP contribution in [0.3, 0.4) is 0 Å². The van der Waals surface area contributed by atoms with Gasteiger partial charge in [-0.2, -0.15) is 0 Å². The van der Waals surface area contributed by atoms with Crippen molar-refractivity contribution in [1.82, 2.24) is 10.6 Å². The third-order valence-electron chi connectivity index (χ3n) is 7.02. The number of carbonyl (C=O) groups is 3. The van der Waals surface area contributed by atoms with Crippen molar-refractivity contribution in [3.63, 3.8) is 0 Å². The van der Waals surface area contributed by atoms with Gasteiger partial charge in [0, 0.05) is 6.42 Å². The molecule has 0 unspecified atom stereocenters. The highest BCUT2D eigenvalue weighted by Crippen LogP contribution is 2.29. The molecule has 3 N–H and O–H groups in total. The molecule has 204 valence electrons. The second-order valence-electron chi connectivity index (χ2n) is 10.2. The van der Waals surface area contributed by atoms with Gasteiger partial charge in [-0.15, -0.1) is 13.2 Å². The molecule has 1 aromatic rings. The van der Waals surface area contributed by atoms with E-state index in [2.05, 4.69) is 23.8 Å². The summed E-state index contributed by atoms with van der Waals surface area (Å²) < 4.78 is 5.70. The fraction of sp³-hybridized carbons (Fsp3) is 0.567. The van der Waals surface area contributed by atoms with Gasteiger partial charge in [0.1, 0.15) is 6.10 Å². The van der Waals surface area contributed by atoms with Gasteiger partial charge < -0.3 is 20.5 Å². The van der Waals surface area contributed by atoms with E-state index in [9.17, 15) is 19.5 Å². The summed E-state index contributed by atoms with van der Waals surface area (Å²) in [5.41, 5.74) is 0.506. The Morgan fingerprint density at radius 1 is 1.11 bits per heavy atom. The number of unbranched alkanes of at least 4 members (excludes halogenated alkanes) is 1. The predicted molar refractivity (Wildman–Crippen MR) is 146 cm³/mol. The zero-order chi connectivity index (χ0) is 27.1. The molecule has 0 radical (unpaired) electrons. The number of amides is 2. The molecule has 1 aromatic carbocycles. The number of nitrogens with one attached hydrogen (secondary N) is 2. The van der Waals surface area contributed by atoms with Crippen molar-refractivity contribution in [2.24, 2.45) is 11.8 Å². The van der Waals surface area contributed by atoms with Crippen LogP contribution >= 0.6 is 0 Å². The molecule has 3 atom stereocenters. The van der Waals surface area contributed by atoms with Gasteiger partial charge >= 0.3 is 5.97 Å². The summed E-state index contributed by atoms with van der Waals surface area (Å²) >= 11 is 0. The van der Waals surface area contributed by atoms with Gasteiger partial charge in [0.25, 0.3) is 0 Å². The van der Waals surface area contributed by atoms with Crippen molar-refractivity contribution < 1.29 is 24.2 Å². The van der Waals surface area contributed by atoms with Crippen LogP contribution in [-0.2, 0) is 25.5 Å². The Bertz CT molecular complexity index is 879. The van der Waals surface area contributed by atoms with Gasteiger partial charge in [-0.3, -0.25) is 14.4 Å². The van der Waals surface area contributed by atoms with Gasteiger partial charge in [0.05, 0.1) is 30.5 Å². The molecule has 37 heavy (non-hydrogen) atoms. The van der Waals surface area contributed by atoms with Crippen LogP contribution in [0.25, 0.3) is 0 Å². The van der Waals surface area contributed by atoms with Crippen molar-refractivity contribution in [3.8, 4) is 0 Å². The fourth-order valence-electron chi connectivity index (χ4n) is 4.86. The summed E-state index contributed by atoms with van der Waals surface area (Å²) in [5.74, 6) is -1.66. The molecule has 0 bridgehead atoms. The molecule has 7 nitrogen and oxygen atoms in total. The fourth-order valence-corrected chi connectivity index (χ4v) is 4.86. The van der Waals surface area contributed by atoms with E-state index in [0.717, 1.165) is 44.1 Å². The first-order valence-electron chi connectivity index (χ1n) is 13.5. The van der Waals surface area contributed by atoms with E-state index >= 15 is 0 Å². The summed E-state index contributed by atoms with van der Waals surface area (Å²) in [7, 11) is 0. The number of allylic oxidation sites excluding steroid dienone is 2. The van der Waals surface area contributed by atoms with E-state index in [4.69, 9.17) is 4.74 Å². The molecule has 1 saturated carbocycles. The summed E-state index contributed by atoms with van der Waals surface area (Å²) in [4.78, 5) is 38.5. The van der Waals surface area contributed by atoms with Gasteiger partial charge in [-0.05, 0) is 57.4 Å². The van der Waals surface area contributed by atoms with Crippen LogP contribution in [0.5, 0.6) is 0 Å². The quantitative estimate of drug-likeness (QED) is 0.164. The Balaban J connectivity index is 1.87. The lowest BCUT2D eigenvalue weighted by atomic mass is 9.94. The highest BCUT2D eigenvalue weighted by atomic mass is 16.5. The molecule has 1 fully saturated rings. The highest BCUT2D eigenvalue weighted by Gasteiger charge is 2.35. The third-order valence-corrected chi connectivity index (χ3v) is 7.02. The Kier molecular flexibility index (Phi) is 13.1. The number of aliphatic hydroxyl groups is 1. The lowest BCUT2D eigenvalue weighted by molar-refractivity contribution is -0.153. The smallest absolute Gasteiger partial charge is 0.309 e. The molecule has 7 heteroatoms. The molecule has 2 rings (SSSR count). The standard InChI is InChI=1S/C30H44N2O5/c1-4-6-8-16-26(19-24-14-9-7-10-15-24)29(36)37-23(3)21-31-28(35)25(13-5-2)20-27(34)32-30(22-33)17-11-12-18-30/h4-5,7,9-10,14-15,23,25-26,33H,1-2,6,8,11-13,16-22H2,3H3,(H,31,35)(H,32,34)/t23-,25+,26+/m0/s1. The van der Waals surface area contributed by atoms with Crippen LogP contribution in [0.2, 0.25) is 0 Å². The van der Waals surface area contributed by atoms with Crippen LogP contribution < -0.4 is 10.6 Å². The molecular formula is C30H44N2O5. The minimum absolute atomic E-state index is 0.0101. The number of carbonyl (C=O) groups excluding carboxylic acids is 3. The lowest BCUT2D eigenvalue weighted by Gasteiger charge is -2.29. The molecule has 1 aliphatic carbocycles. The van der Waals surface area contributed by atoms with E-state index in [1.807, 2.05) is 36.4 Å². The van der Waals surface area contributed by atoms with Crippen molar-refractivity contribution in [3.05, 3.63) is 61.2 Å². The van der Waals surface area contributed by atoms with Crippen LogP contribution in [0.4, 0.5) is 0 Å². The first kappa shape index (κ1) is 30.3. The molecule has 0 aliphatic heterocycles. The van der Waals surface area contributed by atoms with Crippen LogP contribution in [0.1, 0.15) is 70.3 Å². The number of aliphatic hydroxyl groups excluding tert-OH is 1. The maximum Gasteiger partial charge on any atom is 0.309 e. The van der Waals surface area contributed by atoms with Gasteiger partial charge in [0.2, 0.25) is 11.8 Å².